The second-order valence-electron chi connectivity index (χ2n) is 6.39. The minimum atomic E-state index is 0.314. The van der Waals surface area contributed by atoms with Crippen molar-refractivity contribution in [1.82, 2.24) is 4.90 Å². The highest BCUT2D eigenvalue weighted by Crippen LogP contribution is 2.52. The Morgan fingerprint density at radius 3 is 2.47 bits per heavy atom. The fourth-order valence-corrected chi connectivity index (χ4v) is 4.05. The summed E-state index contributed by atoms with van der Waals surface area (Å²) in [7, 11) is 0. The van der Waals surface area contributed by atoms with E-state index in [0.29, 0.717) is 11.6 Å². The molecule has 0 radical (unpaired) electrons. The van der Waals surface area contributed by atoms with Crippen molar-refractivity contribution in [1.29, 1.82) is 0 Å². The van der Waals surface area contributed by atoms with Gasteiger partial charge < -0.3 is 0 Å². The van der Waals surface area contributed by atoms with Gasteiger partial charge >= 0.3 is 0 Å². The molecule has 0 unspecified atom stereocenters. The first kappa shape index (κ1) is 11.7. The Morgan fingerprint density at radius 2 is 1.84 bits per heavy atom. The van der Waals surface area contributed by atoms with Gasteiger partial charge in [0.2, 0.25) is 0 Å². The number of benzene rings is 1. The fourth-order valence-electron chi connectivity index (χ4n) is 4.05. The van der Waals surface area contributed by atoms with Crippen molar-refractivity contribution in [2.75, 3.05) is 13.1 Å². The van der Waals surface area contributed by atoms with Crippen molar-refractivity contribution >= 4 is 5.71 Å². The summed E-state index contributed by atoms with van der Waals surface area (Å²) in [6, 6.07) is 11.0. The molecule has 0 N–H and O–H groups in total. The molecule has 19 heavy (non-hydrogen) atoms. The van der Waals surface area contributed by atoms with E-state index in [0.717, 1.165) is 5.92 Å². The Bertz CT molecular complexity index is 493. The molecule has 4 aliphatic rings. The predicted octanol–water partition coefficient (Wildman–Crippen LogP) is 3.45. The van der Waals surface area contributed by atoms with Crippen LogP contribution in [0.25, 0.3) is 0 Å². The molecule has 1 aromatic carbocycles. The van der Waals surface area contributed by atoms with Crippen LogP contribution in [0, 0.1) is 5.92 Å². The minimum Gasteiger partial charge on any atom is -0.292 e. The lowest BCUT2D eigenvalue weighted by Crippen LogP contribution is -2.57. The van der Waals surface area contributed by atoms with Gasteiger partial charge in [-0.05, 0) is 51.3 Å². The van der Waals surface area contributed by atoms with E-state index in [1.54, 1.807) is 5.71 Å². The van der Waals surface area contributed by atoms with E-state index in [9.17, 15) is 0 Å². The quantitative estimate of drug-likeness (QED) is 0.789. The second-order valence-corrected chi connectivity index (χ2v) is 6.39. The van der Waals surface area contributed by atoms with E-state index >= 15 is 0 Å². The molecule has 4 fully saturated rings. The summed E-state index contributed by atoms with van der Waals surface area (Å²) in [4.78, 5) is 7.89. The van der Waals surface area contributed by atoms with Crippen LogP contribution in [-0.4, -0.2) is 29.2 Å². The Hall–Kier alpha value is -1.15. The summed E-state index contributed by atoms with van der Waals surface area (Å²) in [5, 5.41) is 0. The van der Waals surface area contributed by atoms with Gasteiger partial charge in [-0.2, -0.15) is 0 Å². The first-order chi connectivity index (χ1) is 9.29. The number of fused-ring (bicyclic) bond motifs is 2. The molecule has 100 valence electrons. The lowest BCUT2D eigenvalue weighted by atomic mass is 9.79. The topological polar surface area (TPSA) is 15.6 Å². The molecule has 0 amide bonds. The summed E-state index contributed by atoms with van der Waals surface area (Å²) in [6.45, 7) is 4.86. The van der Waals surface area contributed by atoms with Gasteiger partial charge in [0.25, 0.3) is 0 Å². The van der Waals surface area contributed by atoms with Gasteiger partial charge in [-0.15, -0.1) is 0 Å². The molecule has 1 atom stereocenters. The molecule has 1 saturated carbocycles. The molecular formula is C17H22N2. The Labute approximate surface area is 115 Å². The molecule has 2 nitrogen and oxygen atoms in total. The SMILES string of the molecule is C[C@H](N=C1C2CCN(CC2)C12CC2)c1ccccc1. The van der Waals surface area contributed by atoms with Crippen LogP contribution in [0.4, 0.5) is 0 Å². The molecule has 3 aliphatic heterocycles. The van der Waals surface area contributed by atoms with Crippen LogP contribution in [0.1, 0.15) is 44.2 Å². The van der Waals surface area contributed by atoms with E-state index in [4.69, 9.17) is 4.99 Å². The molecule has 3 heterocycles. The van der Waals surface area contributed by atoms with Gasteiger partial charge in [0.1, 0.15) is 0 Å². The summed E-state index contributed by atoms with van der Waals surface area (Å²) in [5.74, 6) is 0.777. The minimum absolute atomic E-state index is 0.314. The Balaban J connectivity index is 1.66. The fraction of sp³-hybridized carbons (Fsp3) is 0.588. The van der Waals surface area contributed by atoms with Crippen LogP contribution in [-0.2, 0) is 0 Å². The first-order valence-corrected chi connectivity index (χ1v) is 7.68. The van der Waals surface area contributed by atoms with Crippen LogP contribution in [0.15, 0.2) is 35.3 Å². The largest absolute Gasteiger partial charge is 0.292 e. The average Bonchev–Trinajstić information content (AvgIpc) is 3.25. The number of hydrogen-bond acceptors (Lipinski definition) is 2. The van der Waals surface area contributed by atoms with Crippen LogP contribution >= 0.6 is 0 Å². The van der Waals surface area contributed by atoms with Gasteiger partial charge in [-0.1, -0.05) is 30.3 Å². The second kappa shape index (κ2) is 4.17. The van der Waals surface area contributed by atoms with Crippen molar-refractivity contribution in [2.24, 2.45) is 10.9 Å². The van der Waals surface area contributed by atoms with E-state index in [-0.39, 0.29) is 0 Å². The standard InChI is InChI=1S/C17H22N2/c1-13(14-5-3-2-4-6-14)18-16-15-7-11-19(12-8-15)17(16)9-10-17/h2-6,13,15H,7-12H2,1H3/t13-/m0/s1. The molecule has 1 aromatic rings. The molecule has 5 rings (SSSR count). The van der Waals surface area contributed by atoms with Crippen molar-refractivity contribution in [3.8, 4) is 0 Å². The molecule has 2 bridgehead atoms. The maximum atomic E-state index is 5.18. The Morgan fingerprint density at radius 1 is 1.16 bits per heavy atom. The van der Waals surface area contributed by atoms with Gasteiger partial charge in [0.05, 0.1) is 11.6 Å². The summed E-state index contributed by atoms with van der Waals surface area (Å²) in [6.07, 6.45) is 5.37. The highest BCUT2D eigenvalue weighted by Gasteiger charge is 2.58. The maximum Gasteiger partial charge on any atom is 0.0721 e. The van der Waals surface area contributed by atoms with Crippen LogP contribution in [0.3, 0.4) is 0 Å². The maximum absolute atomic E-state index is 5.18. The molecule has 1 aliphatic carbocycles. The third kappa shape index (κ3) is 1.77. The highest BCUT2D eigenvalue weighted by molar-refractivity contribution is 5.99. The number of aliphatic imine (C=N–C) groups is 1. The van der Waals surface area contributed by atoms with Crippen molar-refractivity contribution < 1.29 is 0 Å². The molecular weight excluding hydrogens is 232 g/mol. The number of hydrogen-bond donors (Lipinski definition) is 0. The monoisotopic (exact) mass is 254 g/mol. The lowest BCUT2D eigenvalue weighted by Gasteiger charge is -2.47. The van der Waals surface area contributed by atoms with Gasteiger partial charge in [-0.3, -0.25) is 9.89 Å². The first-order valence-electron chi connectivity index (χ1n) is 7.68. The molecule has 2 heteroatoms. The zero-order chi connectivity index (χ0) is 12.9. The number of nitrogens with zero attached hydrogens (tertiary/aromatic N) is 2. The summed E-state index contributed by atoms with van der Waals surface area (Å²) >= 11 is 0. The van der Waals surface area contributed by atoms with Gasteiger partial charge in [0, 0.05) is 11.6 Å². The van der Waals surface area contributed by atoms with Crippen molar-refractivity contribution in [3.63, 3.8) is 0 Å². The normalized spacial score (nSPS) is 34.7. The van der Waals surface area contributed by atoms with Crippen LogP contribution < -0.4 is 0 Å². The lowest BCUT2D eigenvalue weighted by molar-refractivity contribution is 0.131. The molecule has 3 saturated heterocycles. The highest BCUT2D eigenvalue weighted by atomic mass is 15.3. The van der Waals surface area contributed by atoms with E-state index < -0.39 is 0 Å². The summed E-state index contributed by atoms with van der Waals surface area (Å²) < 4.78 is 0. The van der Waals surface area contributed by atoms with E-state index in [1.165, 1.54) is 44.3 Å². The number of rotatable bonds is 2. The van der Waals surface area contributed by atoms with E-state index in [2.05, 4.69) is 42.2 Å². The molecule has 0 aromatic heterocycles. The number of piperidine rings is 3. The van der Waals surface area contributed by atoms with E-state index in [1.807, 2.05) is 0 Å². The van der Waals surface area contributed by atoms with Crippen molar-refractivity contribution in [3.05, 3.63) is 35.9 Å². The van der Waals surface area contributed by atoms with Crippen molar-refractivity contribution in [2.45, 2.75) is 44.2 Å². The third-order valence-corrected chi connectivity index (χ3v) is 5.30. The smallest absolute Gasteiger partial charge is 0.0721 e. The zero-order valence-electron chi connectivity index (χ0n) is 11.7. The zero-order valence-corrected chi connectivity index (χ0v) is 11.7. The third-order valence-electron chi connectivity index (χ3n) is 5.30. The van der Waals surface area contributed by atoms with Gasteiger partial charge in [0.15, 0.2) is 0 Å². The van der Waals surface area contributed by atoms with Crippen LogP contribution in [0.2, 0.25) is 0 Å². The Kier molecular flexibility index (Phi) is 2.56. The predicted molar refractivity (Wildman–Crippen MR) is 78.6 cm³/mol. The van der Waals surface area contributed by atoms with Crippen LogP contribution in [0.5, 0.6) is 0 Å². The van der Waals surface area contributed by atoms with Gasteiger partial charge in [-0.25, -0.2) is 0 Å². The molecule has 1 spiro atoms. The average molecular weight is 254 g/mol. The summed E-state index contributed by atoms with van der Waals surface area (Å²) in [5.41, 5.74) is 3.30.